The van der Waals surface area contributed by atoms with Crippen LogP contribution in [-0.2, 0) is 0 Å². The van der Waals surface area contributed by atoms with Crippen molar-refractivity contribution in [3.05, 3.63) is 40.0 Å². The highest BCUT2D eigenvalue weighted by Crippen LogP contribution is 2.33. The van der Waals surface area contributed by atoms with Crippen LogP contribution in [0.25, 0.3) is 22.6 Å². The third-order valence-corrected chi connectivity index (χ3v) is 3.52. The molecule has 0 aliphatic carbocycles. The van der Waals surface area contributed by atoms with E-state index in [1.54, 1.807) is 7.11 Å². The quantitative estimate of drug-likeness (QED) is 0.555. The maximum Gasteiger partial charge on any atom is 0.229 e. The summed E-state index contributed by atoms with van der Waals surface area (Å²) in [7, 11) is 1.61. The summed E-state index contributed by atoms with van der Waals surface area (Å²) in [4.78, 5) is 4.48. The van der Waals surface area contributed by atoms with Gasteiger partial charge in [0.1, 0.15) is 5.75 Å². The first kappa shape index (κ1) is 12.3. The minimum atomic E-state index is 0.510. The largest absolute Gasteiger partial charge is 0.494 e. The first-order valence-electron chi connectivity index (χ1n) is 5.68. The second-order valence-corrected chi connectivity index (χ2v) is 5.30. The van der Waals surface area contributed by atoms with Crippen molar-refractivity contribution in [2.24, 2.45) is 0 Å². The van der Waals surface area contributed by atoms with E-state index in [0.717, 1.165) is 9.13 Å². The molecule has 0 fully saturated rings. The lowest BCUT2D eigenvalue weighted by molar-refractivity contribution is 0.419. The highest BCUT2D eigenvalue weighted by Gasteiger charge is 2.14. The number of fused-ring (bicyclic) bond motifs is 1. The summed E-state index contributed by atoms with van der Waals surface area (Å²) < 4.78 is 12.1. The number of nitrogen functional groups attached to an aromatic ring is 1. The Kier molecular flexibility index (Phi) is 3.06. The van der Waals surface area contributed by atoms with Gasteiger partial charge in [-0.15, -0.1) is 0 Å². The molecule has 0 spiro atoms. The monoisotopic (exact) mass is 366 g/mol. The van der Waals surface area contributed by atoms with Gasteiger partial charge in [-0.3, -0.25) is 0 Å². The lowest BCUT2D eigenvalue weighted by atomic mass is 10.2. The van der Waals surface area contributed by atoms with Crippen molar-refractivity contribution in [3.63, 3.8) is 0 Å². The Morgan fingerprint density at radius 1 is 1.26 bits per heavy atom. The molecule has 3 aromatic rings. The van der Waals surface area contributed by atoms with Crippen LogP contribution in [0.1, 0.15) is 0 Å². The molecular formula is C14H11IN2O2. The molecule has 0 unspecified atom stereocenters. The van der Waals surface area contributed by atoms with Crippen LogP contribution in [0.4, 0.5) is 5.69 Å². The summed E-state index contributed by atoms with van der Waals surface area (Å²) in [5.74, 6) is 1.20. The Labute approximate surface area is 123 Å². The van der Waals surface area contributed by atoms with Crippen LogP contribution in [0.2, 0.25) is 0 Å². The molecule has 0 amide bonds. The van der Waals surface area contributed by atoms with Gasteiger partial charge in [-0.05, 0) is 52.9 Å². The second kappa shape index (κ2) is 4.73. The topological polar surface area (TPSA) is 61.3 Å². The summed E-state index contributed by atoms with van der Waals surface area (Å²) in [5.41, 5.74) is 8.81. The van der Waals surface area contributed by atoms with Crippen LogP contribution in [0.15, 0.2) is 40.8 Å². The van der Waals surface area contributed by atoms with Gasteiger partial charge in [0.2, 0.25) is 5.89 Å². The number of nitrogens with zero attached hydrogens (tertiary/aromatic N) is 1. The number of benzene rings is 2. The molecule has 2 aromatic carbocycles. The second-order valence-electron chi connectivity index (χ2n) is 4.06. The van der Waals surface area contributed by atoms with Crippen LogP contribution in [-0.4, -0.2) is 12.1 Å². The molecule has 0 radical (unpaired) electrons. The Balaban J connectivity index is 2.23. The van der Waals surface area contributed by atoms with Crippen molar-refractivity contribution in [2.75, 3.05) is 12.8 Å². The number of anilines is 1. The van der Waals surface area contributed by atoms with Gasteiger partial charge >= 0.3 is 0 Å². The molecule has 1 aromatic heterocycles. The number of halogens is 1. The van der Waals surface area contributed by atoms with Gasteiger partial charge < -0.3 is 14.9 Å². The minimum absolute atomic E-state index is 0.510. The van der Waals surface area contributed by atoms with Crippen molar-refractivity contribution >= 4 is 39.4 Å². The maximum atomic E-state index is 5.98. The Hall–Kier alpha value is -1.76. The molecule has 0 aliphatic rings. The van der Waals surface area contributed by atoms with Gasteiger partial charge in [0.15, 0.2) is 11.1 Å². The SMILES string of the molecule is COc1cccc2oc(-c3cc(I)ccc3N)nc12. The van der Waals surface area contributed by atoms with E-state index in [-0.39, 0.29) is 0 Å². The molecule has 19 heavy (non-hydrogen) atoms. The van der Waals surface area contributed by atoms with Crippen LogP contribution in [0.3, 0.4) is 0 Å². The molecule has 5 heteroatoms. The standard InChI is InChI=1S/C14H11IN2O2/c1-18-11-3-2-4-12-13(11)17-14(19-12)9-7-8(15)5-6-10(9)16/h2-7H,16H2,1H3. The third-order valence-electron chi connectivity index (χ3n) is 2.85. The molecule has 2 N–H and O–H groups in total. The number of nitrogens with two attached hydrogens (primary N) is 1. The summed E-state index contributed by atoms with van der Waals surface area (Å²) >= 11 is 2.23. The van der Waals surface area contributed by atoms with E-state index in [9.17, 15) is 0 Å². The maximum absolute atomic E-state index is 5.98. The molecule has 0 saturated carbocycles. The fourth-order valence-corrected chi connectivity index (χ4v) is 2.41. The Morgan fingerprint density at radius 2 is 2.11 bits per heavy atom. The van der Waals surface area contributed by atoms with Gasteiger partial charge in [-0.1, -0.05) is 6.07 Å². The molecule has 1 heterocycles. The number of oxazole rings is 1. The van der Waals surface area contributed by atoms with Crippen LogP contribution < -0.4 is 10.5 Å². The number of rotatable bonds is 2. The number of methoxy groups -OCH3 is 1. The fraction of sp³-hybridized carbons (Fsp3) is 0.0714. The van der Waals surface area contributed by atoms with Crippen LogP contribution in [0.5, 0.6) is 5.75 Å². The lowest BCUT2D eigenvalue weighted by Crippen LogP contribution is -1.90. The van der Waals surface area contributed by atoms with E-state index in [4.69, 9.17) is 14.9 Å². The van der Waals surface area contributed by atoms with Gasteiger partial charge in [-0.2, -0.15) is 0 Å². The average molecular weight is 366 g/mol. The molecule has 0 atom stereocenters. The first-order chi connectivity index (χ1) is 9.19. The highest BCUT2D eigenvalue weighted by atomic mass is 127. The van der Waals surface area contributed by atoms with Gasteiger partial charge in [-0.25, -0.2) is 4.98 Å². The van der Waals surface area contributed by atoms with Crippen molar-refractivity contribution in [3.8, 4) is 17.2 Å². The van der Waals surface area contributed by atoms with Crippen LogP contribution >= 0.6 is 22.6 Å². The minimum Gasteiger partial charge on any atom is -0.494 e. The first-order valence-corrected chi connectivity index (χ1v) is 6.76. The van der Waals surface area contributed by atoms with E-state index in [1.807, 2.05) is 36.4 Å². The molecule has 0 saturated heterocycles. The summed E-state index contributed by atoms with van der Waals surface area (Å²) in [6, 6.07) is 11.3. The zero-order valence-electron chi connectivity index (χ0n) is 10.2. The predicted molar refractivity (Wildman–Crippen MR) is 83.1 cm³/mol. The Bertz CT molecular complexity index is 752. The number of aromatic nitrogens is 1. The van der Waals surface area contributed by atoms with E-state index in [0.29, 0.717) is 28.4 Å². The molecule has 3 rings (SSSR count). The van der Waals surface area contributed by atoms with Crippen molar-refractivity contribution in [1.82, 2.24) is 4.98 Å². The van der Waals surface area contributed by atoms with E-state index < -0.39 is 0 Å². The third kappa shape index (κ3) is 2.14. The van der Waals surface area contributed by atoms with E-state index in [1.165, 1.54) is 0 Å². The normalized spacial score (nSPS) is 10.8. The van der Waals surface area contributed by atoms with Gasteiger partial charge in [0.25, 0.3) is 0 Å². The van der Waals surface area contributed by atoms with Gasteiger partial charge in [0, 0.05) is 9.26 Å². The van der Waals surface area contributed by atoms with Crippen molar-refractivity contribution in [2.45, 2.75) is 0 Å². The fourth-order valence-electron chi connectivity index (χ4n) is 1.92. The van der Waals surface area contributed by atoms with E-state index >= 15 is 0 Å². The zero-order chi connectivity index (χ0) is 13.4. The van der Waals surface area contributed by atoms with Crippen molar-refractivity contribution in [1.29, 1.82) is 0 Å². The lowest BCUT2D eigenvalue weighted by Gasteiger charge is -2.01. The highest BCUT2D eigenvalue weighted by molar-refractivity contribution is 14.1. The molecule has 0 bridgehead atoms. The number of hydrogen-bond acceptors (Lipinski definition) is 4. The number of para-hydroxylation sites is 1. The van der Waals surface area contributed by atoms with Gasteiger partial charge in [0.05, 0.1) is 12.7 Å². The van der Waals surface area contributed by atoms with E-state index in [2.05, 4.69) is 27.6 Å². The molecule has 96 valence electrons. The number of ether oxygens (including phenoxy) is 1. The summed E-state index contributed by atoms with van der Waals surface area (Å²) in [5, 5.41) is 0. The number of hydrogen-bond donors (Lipinski definition) is 1. The van der Waals surface area contributed by atoms with Crippen LogP contribution in [0, 0.1) is 3.57 Å². The summed E-state index contributed by atoms with van der Waals surface area (Å²) in [6.45, 7) is 0. The average Bonchev–Trinajstić information content (AvgIpc) is 2.85. The zero-order valence-corrected chi connectivity index (χ0v) is 12.3. The predicted octanol–water partition coefficient (Wildman–Crippen LogP) is 3.69. The molecule has 4 nitrogen and oxygen atoms in total. The smallest absolute Gasteiger partial charge is 0.229 e. The van der Waals surface area contributed by atoms with Crippen molar-refractivity contribution < 1.29 is 9.15 Å². The Morgan fingerprint density at radius 3 is 2.89 bits per heavy atom. The summed E-state index contributed by atoms with van der Waals surface area (Å²) in [6.07, 6.45) is 0. The molecule has 0 aliphatic heterocycles. The molecular weight excluding hydrogens is 355 g/mol.